The molecule has 0 aliphatic carbocycles. The van der Waals surface area contributed by atoms with E-state index in [1.807, 2.05) is 0 Å². The van der Waals surface area contributed by atoms with E-state index >= 15 is 0 Å². The average Bonchev–Trinajstić information content (AvgIpc) is 2.25. The van der Waals surface area contributed by atoms with Gasteiger partial charge < -0.3 is 9.66 Å². The van der Waals surface area contributed by atoms with Gasteiger partial charge in [0, 0.05) is 11.9 Å². The minimum atomic E-state index is -4.15. The van der Waals surface area contributed by atoms with E-state index in [-0.39, 0.29) is 36.2 Å². The van der Waals surface area contributed by atoms with E-state index in [4.69, 9.17) is 5.11 Å². The smallest absolute Gasteiger partial charge is 0.748 e. The minimum Gasteiger partial charge on any atom is -0.748 e. The van der Waals surface area contributed by atoms with Crippen LogP contribution in [0.4, 0.5) is 0 Å². The van der Waals surface area contributed by atoms with Gasteiger partial charge in [0.05, 0.1) is 10.1 Å². The molecule has 0 heterocycles. The Bertz CT molecular complexity index is 255. The molecule has 0 spiro atoms. The standard InChI is InChI=1S/C12H26O4S.Na/c1-2-3-4-6-9-12(17(14,15)16)10-7-5-8-11-13;/h12-13H,2-11H2,1H3,(H,14,15,16);/q;+1/p-1. The maximum Gasteiger partial charge on any atom is 1.00 e. The number of aliphatic hydroxyl groups is 1. The van der Waals surface area contributed by atoms with Crippen molar-refractivity contribution in [1.29, 1.82) is 0 Å². The van der Waals surface area contributed by atoms with Crippen molar-refractivity contribution in [3.8, 4) is 0 Å². The topological polar surface area (TPSA) is 77.4 Å². The molecule has 0 bridgehead atoms. The first-order valence-electron chi connectivity index (χ1n) is 6.58. The van der Waals surface area contributed by atoms with Gasteiger partial charge in [-0.05, 0) is 19.3 Å². The Balaban J connectivity index is 0. The van der Waals surface area contributed by atoms with Crippen molar-refractivity contribution in [2.75, 3.05) is 6.61 Å². The fourth-order valence-electron chi connectivity index (χ4n) is 1.89. The first-order chi connectivity index (χ1) is 8.02. The van der Waals surface area contributed by atoms with Crippen LogP contribution in [0, 0.1) is 0 Å². The van der Waals surface area contributed by atoms with Gasteiger partial charge in [-0.1, -0.05) is 45.4 Å². The average molecular weight is 288 g/mol. The predicted molar refractivity (Wildman–Crippen MR) is 67.8 cm³/mol. The van der Waals surface area contributed by atoms with Gasteiger partial charge in [0.25, 0.3) is 0 Å². The Morgan fingerprint density at radius 2 is 1.50 bits per heavy atom. The van der Waals surface area contributed by atoms with Crippen LogP contribution in [0.3, 0.4) is 0 Å². The van der Waals surface area contributed by atoms with E-state index < -0.39 is 15.4 Å². The predicted octanol–water partition coefficient (Wildman–Crippen LogP) is -0.573. The summed E-state index contributed by atoms with van der Waals surface area (Å²) in [6.07, 6.45) is 7.13. The number of rotatable bonds is 11. The Morgan fingerprint density at radius 3 is 1.89 bits per heavy atom. The van der Waals surface area contributed by atoms with E-state index in [0.29, 0.717) is 25.7 Å². The summed E-state index contributed by atoms with van der Waals surface area (Å²) in [4.78, 5) is 0. The molecule has 4 nitrogen and oxygen atoms in total. The molecule has 0 fully saturated rings. The van der Waals surface area contributed by atoms with E-state index in [0.717, 1.165) is 32.1 Å². The molecule has 104 valence electrons. The van der Waals surface area contributed by atoms with Gasteiger partial charge in [-0.3, -0.25) is 0 Å². The van der Waals surface area contributed by atoms with Gasteiger partial charge in [-0.15, -0.1) is 0 Å². The van der Waals surface area contributed by atoms with Crippen molar-refractivity contribution in [3.63, 3.8) is 0 Å². The number of aliphatic hydroxyl groups excluding tert-OH is 1. The van der Waals surface area contributed by atoms with E-state index in [1.54, 1.807) is 0 Å². The summed E-state index contributed by atoms with van der Waals surface area (Å²) < 4.78 is 33.2. The third kappa shape index (κ3) is 11.9. The Hall–Kier alpha value is 0.870. The first-order valence-corrected chi connectivity index (χ1v) is 8.05. The third-order valence-corrected chi connectivity index (χ3v) is 4.26. The van der Waals surface area contributed by atoms with E-state index in [2.05, 4.69) is 6.92 Å². The molecule has 18 heavy (non-hydrogen) atoms. The van der Waals surface area contributed by atoms with Crippen LogP contribution in [0.15, 0.2) is 0 Å². The van der Waals surface area contributed by atoms with E-state index in [1.165, 1.54) is 0 Å². The molecule has 1 atom stereocenters. The minimum absolute atomic E-state index is 0. The van der Waals surface area contributed by atoms with Crippen molar-refractivity contribution in [1.82, 2.24) is 0 Å². The van der Waals surface area contributed by atoms with Gasteiger partial charge in [0.2, 0.25) is 0 Å². The summed E-state index contributed by atoms with van der Waals surface area (Å²) in [5.74, 6) is 0. The van der Waals surface area contributed by atoms with Crippen molar-refractivity contribution >= 4 is 10.1 Å². The van der Waals surface area contributed by atoms with Gasteiger partial charge in [0.15, 0.2) is 0 Å². The molecule has 1 N–H and O–H groups in total. The molecule has 1 unspecified atom stereocenters. The van der Waals surface area contributed by atoms with Crippen molar-refractivity contribution in [3.05, 3.63) is 0 Å². The summed E-state index contributed by atoms with van der Waals surface area (Å²) in [7, 11) is -4.15. The second-order valence-electron chi connectivity index (χ2n) is 4.54. The number of hydrogen-bond donors (Lipinski definition) is 1. The van der Waals surface area contributed by atoms with Crippen LogP contribution in [-0.2, 0) is 10.1 Å². The van der Waals surface area contributed by atoms with E-state index in [9.17, 15) is 13.0 Å². The molecule has 0 amide bonds. The first kappa shape index (κ1) is 21.2. The van der Waals surface area contributed by atoms with Crippen molar-refractivity contribution < 1.29 is 47.6 Å². The normalized spacial score (nSPS) is 13.1. The van der Waals surface area contributed by atoms with Gasteiger partial charge in [-0.25, -0.2) is 8.42 Å². The molecule has 6 heteroatoms. The molecule has 0 aromatic carbocycles. The molecule has 0 rings (SSSR count). The summed E-state index contributed by atoms with van der Waals surface area (Å²) in [6, 6.07) is 0. The summed E-state index contributed by atoms with van der Waals surface area (Å²) >= 11 is 0. The Morgan fingerprint density at radius 1 is 1.00 bits per heavy atom. The molecule has 0 aliphatic heterocycles. The van der Waals surface area contributed by atoms with Crippen LogP contribution < -0.4 is 29.6 Å². The molecule has 0 aromatic rings. The zero-order valence-corrected chi connectivity index (χ0v) is 14.5. The van der Waals surface area contributed by atoms with Crippen LogP contribution >= 0.6 is 0 Å². The van der Waals surface area contributed by atoms with Crippen LogP contribution in [0.1, 0.15) is 64.7 Å². The zero-order valence-electron chi connectivity index (χ0n) is 11.7. The van der Waals surface area contributed by atoms with Crippen molar-refractivity contribution in [2.45, 2.75) is 70.0 Å². The van der Waals surface area contributed by atoms with Crippen LogP contribution in [0.2, 0.25) is 0 Å². The maximum atomic E-state index is 11.1. The fraction of sp³-hybridized carbons (Fsp3) is 1.00. The SMILES string of the molecule is CCCCCCC(CCCCCO)S(=O)(=O)[O-].[Na+]. The summed E-state index contributed by atoms with van der Waals surface area (Å²) in [5.41, 5.74) is 0. The molecular weight excluding hydrogens is 263 g/mol. The second-order valence-corrected chi connectivity index (χ2v) is 6.19. The fourth-order valence-corrected chi connectivity index (χ4v) is 2.80. The molecular formula is C12H25NaO4S. The van der Waals surface area contributed by atoms with Gasteiger partial charge >= 0.3 is 29.6 Å². The summed E-state index contributed by atoms with van der Waals surface area (Å²) in [5, 5.41) is 7.89. The molecule has 0 radical (unpaired) electrons. The third-order valence-electron chi connectivity index (χ3n) is 2.97. The Kier molecular flexibility index (Phi) is 15.2. The molecule has 0 saturated carbocycles. The molecule has 0 saturated heterocycles. The van der Waals surface area contributed by atoms with Gasteiger partial charge in [0.1, 0.15) is 0 Å². The summed E-state index contributed by atoms with van der Waals surface area (Å²) in [6.45, 7) is 2.22. The Labute approximate surface area is 134 Å². The second kappa shape index (κ2) is 12.9. The van der Waals surface area contributed by atoms with Crippen LogP contribution in [0.5, 0.6) is 0 Å². The van der Waals surface area contributed by atoms with Crippen LogP contribution in [0.25, 0.3) is 0 Å². The number of hydrogen-bond acceptors (Lipinski definition) is 4. The monoisotopic (exact) mass is 288 g/mol. The van der Waals surface area contributed by atoms with Crippen molar-refractivity contribution in [2.24, 2.45) is 0 Å². The quantitative estimate of drug-likeness (QED) is 0.314. The van der Waals surface area contributed by atoms with Gasteiger partial charge in [-0.2, -0.15) is 0 Å². The largest absolute Gasteiger partial charge is 1.00 e. The molecule has 0 aromatic heterocycles. The molecule has 0 aliphatic rings. The van der Waals surface area contributed by atoms with Crippen LogP contribution in [-0.4, -0.2) is 29.9 Å². The number of unbranched alkanes of at least 4 members (excludes halogenated alkanes) is 5. The maximum absolute atomic E-state index is 11.1. The zero-order chi connectivity index (χ0) is 13.1.